The number of nitrogens with two attached hydrogens (primary N) is 1. The number of aromatic nitrogens is 1. The van der Waals surface area contributed by atoms with Gasteiger partial charge in [0.15, 0.2) is 5.13 Å². The summed E-state index contributed by atoms with van der Waals surface area (Å²) in [5.41, 5.74) is 8.81. The van der Waals surface area contributed by atoms with Crippen LogP contribution >= 0.6 is 11.3 Å². The van der Waals surface area contributed by atoms with E-state index in [4.69, 9.17) is 5.73 Å². The molecule has 4 heteroatoms. The lowest BCUT2D eigenvalue weighted by Crippen LogP contribution is -1.97. The summed E-state index contributed by atoms with van der Waals surface area (Å²) in [6.45, 7) is 4.99. The summed E-state index contributed by atoms with van der Waals surface area (Å²) in [6, 6.07) is 5.79. The first-order chi connectivity index (χ1) is 7.65. The average Bonchev–Trinajstić information content (AvgIpc) is 2.58. The molecule has 0 aliphatic rings. The van der Waals surface area contributed by atoms with Gasteiger partial charge in [0.05, 0.1) is 10.2 Å². The van der Waals surface area contributed by atoms with Crippen LogP contribution in [0.5, 0.6) is 0 Å². The molecule has 1 aromatic heterocycles. The second kappa shape index (κ2) is 4.53. The zero-order valence-corrected chi connectivity index (χ0v) is 10.3. The number of benzene rings is 1. The Morgan fingerprint density at radius 1 is 1.50 bits per heavy atom. The van der Waals surface area contributed by atoms with Crippen LogP contribution in [0, 0.1) is 0 Å². The van der Waals surface area contributed by atoms with Crippen molar-refractivity contribution in [1.82, 2.24) is 4.98 Å². The van der Waals surface area contributed by atoms with Crippen LogP contribution in [0.25, 0.3) is 10.2 Å². The van der Waals surface area contributed by atoms with Crippen molar-refractivity contribution >= 4 is 32.4 Å². The molecule has 0 aliphatic carbocycles. The molecule has 1 heterocycles. The summed E-state index contributed by atoms with van der Waals surface area (Å²) in [6.07, 6.45) is 2.14. The van der Waals surface area contributed by atoms with E-state index < -0.39 is 0 Å². The van der Waals surface area contributed by atoms with Gasteiger partial charge < -0.3 is 11.1 Å². The van der Waals surface area contributed by atoms with Crippen molar-refractivity contribution in [2.75, 3.05) is 17.6 Å². The van der Waals surface area contributed by atoms with Crippen LogP contribution in [0.4, 0.5) is 10.8 Å². The van der Waals surface area contributed by atoms with E-state index in [1.165, 1.54) is 5.57 Å². The lowest BCUT2D eigenvalue weighted by atomic mass is 10.3. The van der Waals surface area contributed by atoms with E-state index in [2.05, 4.69) is 30.2 Å². The third-order valence-electron chi connectivity index (χ3n) is 2.18. The van der Waals surface area contributed by atoms with Gasteiger partial charge in [-0.15, -0.1) is 0 Å². The van der Waals surface area contributed by atoms with Crippen molar-refractivity contribution < 1.29 is 0 Å². The highest BCUT2D eigenvalue weighted by Crippen LogP contribution is 2.27. The molecule has 0 saturated carbocycles. The third-order valence-corrected chi connectivity index (χ3v) is 3.15. The molecule has 0 radical (unpaired) electrons. The smallest absolute Gasteiger partial charge is 0.184 e. The van der Waals surface area contributed by atoms with Crippen LogP contribution in [-0.4, -0.2) is 11.5 Å². The van der Waals surface area contributed by atoms with Gasteiger partial charge in [0.25, 0.3) is 0 Å². The summed E-state index contributed by atoms with van der Waals surface area (Å²) in [4.78, 5) is 4.47. The second-order valence-corrected chi connectivity index (χ2v) is 4.94. The zero-order valence-electron chi connectivity index (χ0n) is 9.45. The van der Waals surface area contributed by atoms with Gasteiger partial charge in [-0.2, -0.15) is 0 Å². The van der Waals surface area contributed by atoms with Crippen molar-refractivity contribution in [2.24, 2.45) is 0 Å². The summed E-state index contributed by atoms with van der Waals surface area (Å²) in [5, 5.41) is 4.22. The molecule has 1 aromatic carbocycles. The molecule has 3 N–H and O–H groups in total. The van der Waals surface area contributed by atoms with E-state index in [9.17, 15) is 0 Å². The van der Waals surface area contributed by atoms with Crippen molar-refractivity contribution in [1.29, 1.82) is 0 Å². The number of nitrogen functional groups attached to an aromatic ring is 1. The number of thiazole rings is 1. The molecule has 0 aliphatic heterocycles. The Kier molecular flexibility index (Phi) is 3.10. The molecular formula is C12H15N3S. The summed E-state index contributed by atoms with van der Waals surface area (Å²) in [5.74, 6) is 0. The molecule has 0 atom stereocenters. The van der Waals surface area contributed by atoms with E-state index in [1.807, 2.05) is 18.2 Å². The molecule has 0 amide bonds. The van der Waals surface area contributed by atoms with Gasteiger partial charge in [0.2, 0.25) is 0 Å². The fraction of sp³-hybridized carbons (Fsp3) is 0.250. The molecule has 0 unspecified atom stereocenters. The maximum atomic E-state index is 5.72. The SMILES string of the molecule is CC(C)=CCNc1nc2ccc(N)cc2s1. The molecule has 0 bridgehead atoms. The fourth-order valence-corrected chi connectivity index (χ4v) is 2.28. The average molecular weight is 233 g/mol. The Hall–Kier alpha value is -1.55. The van der Waals surface area contributed by atoms with E-state index in [0.29, 0.717) is 0 Å². The predicted molar refractivity (Wildman–Crippen MR) is 72.0 cm³/mol. The number of nitrogens with zero attached hydrogens (tertiary/aromatic N) is 1. The Morgan fingerprint density at radius 2 is 2.31 bits per heavy atom. The normalized spacial score (nSPS) is 10.4. The quantitative estimate of drug-likeness (QED) is 0.632. The zero-order chi connectivity index (χ0) is 11.5. The van der Waals surface area contributed by atoms with Crippen LogP contribution in [0.3, 0.4) is 0 Å². The Morgan fingerprint density at radius 3 is 3.06 bits per heavy atom. The summed E-state index contributed by atoms with van der Waals surface area (Å²) >= 11 is 1.63. The van der Waals surface area contributed by atoms with Crippen LogP contribution in [0.15, 0.2) is 29.8 Å². The number of nitrogens with one attached hydrogen (secondary N) is 1. The van der Waals surface area contributed by atoms with Crippen LogP contribution in [-0.2, 0) is 0 Å². The van der Waals surface area contributed by atoms with Crippen LogP contribution in [0.1, 0.15) is 13.8 Å². The van der Waals surface area contributed by atoms with E-state index >= 15 is 0 Å². The van der Waals surface area contributed by atoms with Crippen molar-refractivity contribution in [3.05, 3.63) is 29.8 Å². The highest BCUT2D eigenvalue weighted by molar-refractivity contribution is 7.22. The lowest BCUT2D eigenvalue weighted by molar-refractivity contribution is 1.25. The maximum absolute atomic E-state index is 5.72. The number of hydrogen-bond acceptors (Lipinski definition) is 4. The van der Waals surface area contributed by atoms with E-state index in [-0.39, 0.29) is 0 Å². The molecule has 2 aromatic rings. The summed E-state index contributed by atoms with van der Waals surface area (Å²) < 4.78 is 1.12. The molecule has 0 spiro atoms. The molecule has 0 fully saturated rings. The van der Waals surface area contributed by atoms with Gasteiger partial charge >= 0.3 is 0 Å². The topological polar surface area (TPSA) is 50.9 Å². The van der Waals surface area contributed by atoms with Gasteiger partial charge in [-0.3, -0.25) is 0 Å². The van der Waals surface area contributed by atoms with E-state index in [1.54, 1.807) is 11.3 Å². The van der Waals surface area contributed by atoms with Crippen LogP contribution < -0.4 is 11.1 Å². The second-order valence-electron chi connectivity index (χ2n) is 3.91. The number of anilines is 2. The molecule has 3 nitrogen and oxygen atoms in total. The van der Waals surface area contributed by atoms with E-state index in [0.717, 1.165) is 27.6 Å². The van der Waals surface area contributed by atoms with Crippen molar-refractivity contribution in [3.63, 3.8) is 0 Å². The Bertz CT molecular complexity index is 524. The number of fused-ring (bicyclic) bond motifs is 1. The molecule has 0 saturated heterocycles. The van der Waals surface area contributed by atoms with Gasteiger partial charge in [-0.25, -0.2) is 4.98 Å². The largest absolute Gasteiger partial charge is 0.399 e. The minimum atomic E-state index is 0.784. The number of rotatable bonds is 3. The standard InChI is InChI=1S/C12H15N3S/c1-8(2)5-6-14-12-15-10-4-3-9(13)7-11(10)16-12/h3-5,7H,6,13H2,1-2H3,(H,14,15). The minimum Gasteiger partial charge on any atom is -0.399 e. The van der Waals surface area contributed by atoms with Crippen molar-refractivity contribution in [3.8, 4) is 0 Å². The predicted octanol–water partition coefficient (Wildman–Crippen LogP) is 3.26. The molecule has 84 valence electrons. The summed E-state index contributed by atoms with van der Waals surface area (Å²) in [7, 11) is 0. The number of hydrogen-bond donors (Lipinski definition) is 2. The third kappa shape index (κ3) is 2.52. The Labute approximate surface area is 99.0 Å². The Balaban J connectivity index is 2.17. The molecule has 16 heavy (non-hydrogen) atoms. The van der Waals surface area contributed by atoms with Gasteiger partial charge in [-0.1, -0.05) is 23.0 Å². The maximum Gasteiger partial charge on any atom is 0.184 e. The minimum absolute atomic E-state index is 0.784. The van der Waals surface area contributed by atoms with Gasteiger partial charge in [0, 0.05) is 12.2 Å². The van der Waals surface area contributed by atoms with Crippen molar-refractivity contribution in [2.45, 2.75) is 13.8 Å². The first-order valence-corrected chi connectivity index (χ1v) is 6.00. The fourth-order valence-electron chi connectivity index (χ4n) is 1.36. The highest BCUT2D eigenvalue weighted by Gasteiger charge is 2.02. The lowest BCUT2D eigenvalue weighted by Gasteiger charge is -1.96. The van der Waals surface area contributed by atoms with Crippen LogP contribution in [0.2, 0.25) is 0 Å². The molecular weight excluding hydrogens is 218 g/mol. The first kappa shape index (κ1) is 11.0. The first-order valence-electron chi connectivity index (χ1n) is 5.18. The highest BCUT2D eigenvalue weighted by atomic mass is 32.1. The molecule has 2 rings (SSSR count). The number of allylic oxidation sites excluding steroid dienone is 1. The van der Waals surface area contributed by atoms with Gasteiger partial charge in [-0.05, 0) is 32.0 Å². The monoisotopic (exact) mass is 233 g/mol. The van der Waals surface area contributed by atoms with Gasteiger partial charge in [0.1, 0.15) is 0 Å².